The number of imide groups is 1. The SMILES string of the molecule is CC(OC(=O)c1ccc2c(c1)C(=O)N(C)C2=O)C(=O)Nc1cccc2c1C(=O)c1ccccc1C2=O. The predicted octanol–water partition coefficient (Wildman–Crippen LogP) is 2.87. The Hall–Kier alpha value is -4.92. The number of benzene rings is 3. The molecule has 0 saturated carbocycles. The number of esters is 1. The molecule has 0 bridgehead atoms. The Balaban J connectivity index is 1.35. The van der Waals surface area contributed by atoms with Gasteiger partial charge in [-0.1, -0.05) is 36.4 Å². The standard InChI is InChI=1S/C27H18N2O7/c1-13(36-27(35)14-10-11-17-19(12-14)26(34)29(2)25(17)33)24(32)28-20-9-5-8-18-21(20)23(31)16-7-4-3-6-15(16)22(18)30/h3-13H,1-2H3,(H,28,32). The molecule has 0 radical (unpaired) electrons. The molecule has 178 valence electrons. The van der Waals surface area contributed by atoms with Crippen molar-refractivity contribution in [3.63, 3.8) is 0 Å². The second-order valence-electron chi connectivity index (χ2n) is 8.40. The Bertz CT molecular complexity index is 1540. The van der Waals surface area contributed by atoms with E-state index in [0.29, 0.717) is 5.56 Å². The molecule has 0 saturated heterocycles. The maximum Gasteiger partial charge on any atom is 0.338 e. The van der Waals surface area contributed by atoms with Crippen LogP contribution in [0.1, 0.15) is 69.8 Å². The molecule has 0 aromatic heterocycles. The highest BCUT2D eigenvalue weighted by Crippen LogP contribution is 2.32. The molecule has 9 heteroatoms. The van der Waals surface area contributed by atoms with Gasteiger partial charge in [0, 0.05) is 23.7 Å². The molecule has 9 nitrogen and oxygen atoms in total. The highest BCUT2D eigenvalue weighted by molar-refractivity contribution is 6.30. The van der Waals surface area contributed by atoms with Crippen molar-refractivity contribution >= 4 is 40.9 Å². The largest absolute Gasteiger partial charge is 0.449 e. The molecule has 1 heterocycles. The predicted molar refractivity (Wildman–Crippen MR) is 126 cm³/mol. The van der Waals surface area contributed by atoms with E-state index in [1.54, 1.807) is 30.3 Å². The van der Waals surface area contributed by atoms with Gasteiger partial charge in [0.25, 0.3) is 17.7 Å². The first-order valence-electron chi connectivity index (χ1n) is 11.0. The zero-order valence-corrected chi connectivity index (χ0v) is 19.2. The monoisotopic (exact) mass is 482 g/mol. The van der Waals surface area contributed by atoms with Crippen LogP contribution in [0.2, 0.25) is 0 Å². The van der Waals surface area contributed by atoms with Gasteiger partial charge in [-0.25, -0.2) is 4.79 Å². The lowest BCUT2D eigenvalue weighted by Gasteiger charge is -2.21. The molecule has 3 aromatic carbocycles. The maximum atomic E-state index is 13.1. The molecule has 0 spiro atoms. The lowest BCUT2D eigenvalue weighted by Crippen LogP contribution is -2.31. The minimum atomic E-state index is -1.27. The fraction of sp³-hybridized carbons (Fsp3) is 0.111. The summed E-state index contributed by atoms with van der Waals surface area (Å²) < 4.78 is 5.25. The van der Waals surface area contributed by atoms with E-state index in [1.807, 2.05) is 0 Å². The average Bonchev–Trinajstić information content (AvgIpc) is 3.10. The first-order valence-corrected chi connectivity index (χ1v) is 11.0. The fourth-order valence-electron chi connectivity index (χ4n) is 4.25. The summed E-state index contributed by atoms with van der Waals surface area (Å²) in [5.74, 6) is -3.32. The van der Waals surface area contributed by atoms with Crippen LogP contribution in [0.25, 0.3) is 0 Å². The normalized spacial score (nSPS) is 14.7. The Morgan fingerprint density at radius 1 is 0.778 bits per heavy atom. The average molecular weight is 482 g/mol. The van der Waals surface area contributed by atoms with Crippen LogP contribution in [0, 0.1) is 0 Å². The van der Waals surface area contributed by atoms with Gasteiger partial charge < -0.3 is 10.1 Å². The third-order valence-electron chi connectivity index (χ3n) is 6.19. The number of hydrogen-bond acceptors (Lipinski definition) is 7. The number of nitrogens with one attached hydrogen (secondary N) is 1. The van der Waals surface area contributed by atoms with Crippen LogP contribution in [0.3, 0.4) is 0 Å². The molecular formula is C27H18N2O7. The van der Waals surface area contributed by atoms with Crippen molar-refractivity contribution in [1.82, 2.24) is 4.90 Å². The van der Waals surface area contributed by atoms with E-state index in [1.165, 1.54) is 44.3 Å². The van der Waals surface area contributed by atoms with Crippen LogP contribution >= 0.6 is 0 Å². The molecule has 1 aliphatic carbocycles. The van der Waals surface area contributed by atoms with E-state index in [0.717, 1.165) is 4.90 Å². The first kappa shape index (κ1) is 22.9. The number of amides is 3. The first-order chi connectivity index (χ1) is 17.2. The molecule has 1 unspecified atom stereocenters. The van der Waals surface area contributed by atoms with Gasteiger partial charge in [0.15, 0.2) is 17.7 Å². The summed E-state index contributed by atoms with van der Waals surface area (Å²) in [6.45, 7) is 1.35. The molecule has 3 aromatic rings. The molecular weight excluding hydrogens is 464 g/mol. The van der Waals surface area contributed by atoms with Gasteiger partial charge in [-0.3, -0.25) is 28.9 Å². The van der Waals surface area contributed by atoms with Crippen molar-refractivity contribution in [3.05, 3.63) is 99.6 Å². The Morgan fingerprint density at radius 3 is 2.14 bits per heavy atom. The molecule has 2 aliphatic rings. The number of carbonyl (C=O) groups excluding carboxylic acids is 6. The quantitative estimate of drug-likeness (QED) is 0.350. The lowest BCUT2D eigenvalue weighted by atomic mass is 9.83. The topological polar surface area (TPSA) is 127 Å². The van der Waals surface area contributed by atoms with E-state index < -0.39 is 35.6 Å². The smallest absolute Gasteiger partial charge is 0.338 e. The van der Waals surface area contributed by atoms with Crippen LogP contribution in [-0.2, 0) is 9.53 Å². The number of nitrogens with zero attached hydrogens (tertiary/aromatic N) is 1. The van der Waals surface area contributed by atoms with E-state index >= 15 is 0 Å². The number of fused-ring (bicyclic) bond motifs is 3. The zero-order chi connectivity index (χ0) is 25.7. The van der Waals surface area contributed by atoms with Gasteiger partial charge in [0.05, 0.1) is 27.9 Å². The Morgan fingerprint density at radius 2 is 1.42 bits per heavy atom. The molecule has 1 aliphatic heterocycles. The fourth-order valence-corrected chi connectivity index (χ4v) is 4.25. The molecule has 5 rings (SSSR count). The summed E-state index contributed by atoms with van der Waals surface area (Å²) >= 11 is 0. The van der Waals surface area contributed by atoms with Gasteiger partial charge >= 0.3 is 5.97 Å². The van der Waals surface area contributed by atoms with Gasteiger partial charge in [0.2, 0.25) is 0 Å². The van der Waals surface area contributed by atoms with Gasteiger partial charge in [-0.05, 0) is 31.2 Å². The number of rotatable bonds is 4. The number of ketones is 2. The minimum absolute atomic E-state index is 0.000628. The number of hydrogen-bond donors (Lipinski definition) is 1. The molecule has 36 heavy (non-hydrogen) atoms. The summed E-state index contributed by atoms with van der Waals surface area (Å²) in [5, 5.41) is 2.57. The Kier molecular flexibility index (Phi) is 5.32. The van der Waals surface area contributed by atoms with Crippen LogP contribution in [0.15, 0.2) is 60.7 Å². The molecule has 0 fully saturated rings. The van der Waals surface area contributed by atoms with Crippen LogP contribution < -0.4 is 5.32 Å². The molecule has 3 amide bonds. The summed E-state index contributed by atoms with van der Waals surface area (Å²) in [6, 6.07) is 14.9. The second-order valence-corrected chi connectivity index (χ2v) is 8.40. The molecule has 1 N–H and O–H groups in total. The van der Waals surface area contributed by atoms with E-state index in [9.17, 15) is 28.8 Å². The third-order valence-corrected chi connectivity index (χ3v) is 6.19. The van der Waals surface area contributed by atoms with E-state index in [-0.39, 0.29) is 44.9 Å². The second kappa shape index (κ2) is 8.38. The summed E-state index contributed by atoms with van der Waals surface area (Å²) in [6.07, 6.45) is -1.27. The molecule has 1 atom stereocenters. The van der Waals surface area contributed by atoms with Crippen molar-refractivity contribution < 1.29 is 33.5 Å². The van der Waals surface area contributed by atoms with Crippen LogP contribution in [0.5, 0.6) is 0 Å². The highest BCUT2D eigenvalue weighted by atomic mass is 16.5. The van der Waals surface area contributed by atoms with Gasteiger partial charge in [0.1, 0.15) is 0 Å². The zero-order valence-electron chi connectivity index (χ0n) is 19.2. The van der Waals surface area contributed by atoms with Gasteiger partial charge in [-0.2, -0.15) is 0 Å². The van der Waals surface area contributed by atoms with E-state index in [2.05, 4.69) is 5.32 Å². The van der Waals surface area contributed by atoms with Crippen molar-refractivity contribution in [2.75, 3.05) is 12.4 Å². The van der Waals surface area contributed by atoms with Crippen molar-refractivity contribution in [1.29, 1.82) is 0 Å². The Labute approximate surface area is 204 Å². The number of ether oxygens (including phenoxy) is 1. The third kappa shape index (κ3) is 3.49. The maximum absolute atomic E-state index is 13.1. The summed E-state index contributed by atoms with van der Waals surface area (Å²) in [5.41, 5.74) is 1.15. The van der Waals surface area contributed by atoms with Gasteiger partial charge in [-0.15, -0.1) is 0 Å². The lowest BCUT2D eigenvalue weighted by molar-refractivity contribution is -0.123. The van der Waals surface area contributed by atoms with Crippen molar-refractivity contribution in [3.8, 4) is 0 Å². The summed E-state index contributed by atoms with van der Waals surface area (Å²) in [7, 11) is 1.34. The number of anilines is 1. The van der Waals surface area contributed by atoms with Crippen LogP contribution in [0.4, 0.5) is 5.69 Å². The minimum Gasteiger partial charge on any atom is -0.449 e. The van der Waals surface area contributed by atoms with Crippen molar-refractivity contribution in [2.45, 2.75) is 13.0 Å². The summed E-state index contributed by atoms with van der Waals surface area (Å²) in [4.78, 5) is 76.6. The van der Waals surface area contributed by atoms with E-state index in [4.69, 9.17) is 4.74 Å². The number of carbonyl (C=O) groups is 6. The highest BCUT2D eigenvalue weighted by Gasteiger charge is 2.34. The van der Waals surface area contributed by atoms with Crippen molar-refractivity contribution in [2.24, 2.45) is 0 Å². The van der Waals surface area contributed by atoms with Crippen LogP contribution in [-0.4, -0.2) is 53.3 Å².